The molecule has 0 aromatic heterocycles. The van der Waals surface area contributed by atoms with Crippen LogP contribution in [0.3, 0.4) is 0 Å². The van der Waals surface area contributed by atoms with Crippen molar-refractivity contribution in [3.63, 3.8) is 0 Å². The standard InChI is InChI=1S/C20H20BrN3O3S/c1-27-15-7-4-13(5-8-15)12-22-18(25)3-2-10-24-19(26)16-11-14(21)6-9-17(16)23-20(24)28/h4-9,11,16H,2-3,10,12H2,1H3,(H,22,25). The molecule has 1 aliphatic heterocycles. The lowest BCUT2D eigenvalue weighted by Crippen LogP contribution is -2.46. The molecule has 28 heavy (non-hydrogen) atoms. The maximum Gasteiger partial charge on any atom is 0.241 e. The number of benzene rings is 1. The van der Waals surface area contributed by atoms with Gasteiger partial charge in [-0.05, 0) is 48.5 Å². The van der Waals surface area contributed by atoms with Gasteiger partial charge in [0.05, 0.1) is 12.8 Å². The Kier molecular flexibility index (Phi) is 6.74. The van der Waals surface area contributed by atoms with Crippen LogP contribution in [0.1, 0.15) is 18.4 Å². The fourth-order valence-electron chi connectivity index (χ4n) is 2.94. The Bertz CT molecular complexity index is 877. The number of hydrogen-bond donors (Lipinski definition) is 1. The molecular weight excluding hydrogens is 442 g/mol. The topological polar surface area (TPSA) is 71.0 Å². The predicted octanol–water partition coefficient (Wildman–Crippen LogP) is 3.12. The highest BCUT2D eigenvalue weighted by atomic mass is 79.9. The van der Waals surface area contributed by atoms with Crippen LogP contribution in [0.15, 0.2) is 52.0 Å². The maximum atomic E-state index is 12.7. The summed E-state index contributed by atoms with van der Waals surface area (Å²) in [4.78, 5) is 30.6. The van der Waals surface area contributed by atoms with E-state index in [9.17, 15) is 9.59 Å². The Morgan fingerprint density at radius 1 is 1.32 bits per heavy atom. The van der Waals surface area contributed by atoms with E-state index in [4.69, 9.17) is 17.0 Å². The number of nitrogens with one attached hydrogen (secondary N) is 1. The number of rotatable bonds is 7. The molecule has 8 heteroatoms. The monoisotopic (exact) mass is 461 g/mol. The number of carbonyl (C=O) groups is 2. The first-order valence-corrected chi connectivity index (χ1v) is 10.1. The van der Waals surface area contributed by atoms with Gasteiger partial charge in [0.15, 0.2) is 0 Å². The van der Waals surface area contributed by atoms with Crippen LogP contribution >= 0.6 is 28.1 Å². The number of halogens is 1. The van der Waals surface area contributed by atoms with Crippen LogP contribution in [-0.2, 0) is 16.1 Å². The van der Waals surface area contributed by atoms with Gasteiger partial charge in [0.25, 0.3) is 0 Å². The molecule has 0 saturated heterocycles. The van der Waals surface area contributed by atoms with Gasteiger partial charge < -0.3 is 10.1 Å². The number of thiocarbonyl (C=S) groups is 1. The van der Waals surface area contributed by atoms with Crippen molar-refractivity contribution < 1.29 is 14.3 Å². The minimum atomic E-state index is -0.421. The zero-order valence-electron chi connectivity index (χ0n) is 15.4. The van der Waals surface area contributed by atoms with Gasteiger partial charge in [0, 0.05) is 24.0 Å². The molecule has 0 spiro atoms. The number of ether oxygens (including phenoxy) is 1. The quantitative estimate of drug-likeness (QED) is 0.633. The second kappa shape index (κ2) is 9.25. The van der Waals surface area contributed by atoms with Crippen LogP contribution < -0.4 is 10.1 Å². The third kappa shape index (κ3) is 4.94. The minimum Gasteiger partial charge on any atom is -0.497 e. The highest BCUT2D eigenvalue weighted by molar-refractivity contribution is 9.11. The number of hydrogen-bond acceptors (Lipinski definition) is 4. The van der Waals surface area contributed by atoms with Crippen molar-refractivity contribution in [2.24, 2.45) is 10.9 Å². The van der Waals surface area contributed by atoms with E-state index in [2.05, 4.69) is 26.2 Å². The molecule has 6 nitrogen and oxygen atoms in total. The fourth-order valence-corrected chi connectivity index (χ4v) is 3.63. The third-order valence-corrected chi connectivity index (χ3v) is 5.32. The van der Waals surface area contributed by atoms with Crippen LogP contribution in [0.25, 0.3) is 0 Å². The first-order valence-electron chi connectivity index (χ1n) is 8.87. The van der Waals surface area contributed by atoms with Gasteiger partial charge in [-0.3, -0.25) is 14.5 Å². The third-order valence-electron chi connectivity index (χ3n) is 4.48. The second-order valence-electron chi connectivity index (χ2n) is 6.40. The molecular formula is C20H20BrN3O3S. The van der Waals surface area contributed by atoms with E-state index in [1.54, 1.807) is 13.2 Å². The molecule has 0 radical (unpaired) electrons. The number of aliphatic imine (C=N–C) groups is 1. The summed E-state index contributed by atoms with van der Waals surface area (Å²) in [6.07, 6.45) is 6.27. The molecule has 0 bridgehead atoms. The van der Waals surface area contributed by atoms with E-state index >= 15 is 0 Å². The summed E-state index contributed by atoms with van der Waals surface area (Å²) in [5.74, 6) is 0.182. The van der Waals surface area contributed by atoms with Gasteiger partial charge >= 0.3 is 0 Å². The number of carbonyl (C=O) groups excluding carboxylic acids is 2. The van der Waals surface area contributed by atoms with Crippen LogP contribution in [0.4, 0.5) is 0 Å². The first-order chi connectivity index (χ1) is 13.5. The molecule has 146 valence electrons. The highest BCUT2D eigenvalue weighted by Crippen LogP contribution is 2.25. The predicted molar refractivity (Wildman–Crippen MR) is 115 cm³/mol. The van der Waals surface area contributed by atoms with Gasteiger partial charge in [0.2, 0.25) is 16.9 Å². The Balaban J connectivity index is 1.47. The van der Waals surface area contributed by atoms with Crippen molar-refractivity contribution in [2.75, 3.05) is 13.7 Å². The smallest absolute Gasteiger partial charge is 0.241 e. The average molecular weight is 462 g/mol. The molecule has 1 aliphatic carbocycles. The summed E-state index contributed by atoms with van der Waals surface area (Å²) in [6, 6.07) is 7.52. The summed E-state index contributed by atoms with van der Waals surface area (Å²) < 4.78 is 5.96. The lowest BCUT2D eigenvalue weighted by Gasteiger charge is -2.30. The Hall–Kier alpha value is -2.32. The molecule has 1 aromatic carbocycles. The molecule has 1 aromatic rings. The summed E-state index contributed by atoms with van der Waals surface area (Å²) in [5.41, 5.74) is 1.65. The lowest BCUT2D eigenvalue weighted by molar-refractivity contribution is -0.129. The molecule has 1 atom stereocenters. The Labute approximate surface area is 177 Å². The molecule has 0 saturated carbocycles. The summed E-state index contributed by atoms with van der Waals surface area (Å²) in [6.45, 7) is 0.820. The zero-order chi connectivity index (χ0) is 20.1. The van der Waals surface area contributed by atoms with Crippen molar-refractivity contribution in [3.05, 3.63) is 52.5 Å². The minimum absolute atomic E-state index is 0.0707. The number of fused-ring (bicyclic) bond motifs is 1. The highest BCUT2D eigenvalue weighted by Gasteiger charge is 2.34. The van der Waals surface area contributed by atoms with Crippen molar-refractivity contribution >= 4 is 50.8 Å². The second-order valence-corrected chi connectivity index (χ2v) is 7.68. The van der Waals surface area contributed by atoms with E-state index in [0.717, 1.165) is 15.8 Å². The van der Waals surface area contributed by atoms with Crippen molar-refractivity contribution in [2.45, 2.75) is 19.4 Å². The number of allylic oxidation sites excluding steroid dienone is 3. The van der Waals surface area contributed by atoms with Crippen LogP contribution in [-0.4, -0.2) is 41.2 Å². The molecule has 3 rings (SSSR count). The number of amides is 2. The van der Waals surface area contributed by atoms with Gasteiger partial charge in [-0.15, -0.1) is 0 Å². The van der Waals surface area contributed by atoms with Crippen LogP contribution in [0, 0.1) is 5.92 Å². The Morgan fingerprint density at radius 3 is 2.79 bits per heavy atom. The molecule has 1 heterocycles. The summed E-state index contributed by atoms with van der Waals surface area (Å²) in [5, 5.41) is 3.13. The maximum absolute atomic E-state index is 12.7. The average Bonchev–Trinajstić information content (AvgIpc) is 2.70. The SMILES string of the molecule is COc1ccc(CNC(=O)CCCN2C(=O)C3C=C(Br)C=CC3=NC2=S)cc1. The molecule has 2 amide bonds. The van der Waals surface area contributed by atoms with E-state index in [1.807, 2.05) is 36.4 Å². The number of methoxy groups -OCH3 is 1. The summed E-state index contributed by atoms with van der Waals surface area (Å²) >= 11 is 8.64. The van der Waals surface area contributed by atoms with Crippen LogP contribution in [0.2, 0.25) is 0 Å². The molecule has 0 fully saturated rings. The van der Waals surface area contributed by atoms with Crippen LogP contribution in [0.5, 0.6) is 5.75 Å². The largest absolute Gasteiger partial charge is 0.497 e. The first kappa shape index (κ1) is 20.4. The van der Waals surface area contributed by atoms with Crippen molar-refractivity contribution in [1.29, 1.82) is 0 Å². The van der Waals surface area contributed by atoms with Gasteiger partial charge in [-0.25, -0.2) is 4.99 Å². The van der Waals surface area contributed by atoms with E-state index < -0.39 is 5.92 Å². The van der Waals surface area contributed by atoms with Gasteiger partial charge in [0.1, 0.15) is 11.7 Å². The zero-order valence-corrected chi connectivity index (χ0v) is 17.8. The lowest BCUT2D eigenvalue weighted by atomic mass is 9.95. The van der Waals surface area contributed by atoms with Crippen molar-refractivity contribution in [3.8, 4) is 5.75 Å². The molecule has 1 unspecified atom stereocenters. The van der Waals surface area contributed by atoms with E-state index in [-0.39, 0.29) is 16.9 Å². The summed E-state index contributed by atoms with van der Waals surface area (Å²) in [7, 11) is 1.61. The van der Waals surface area contributed by atoms with E-state index in [0.29, 0.717) is 31.6 Å². The number of nitrogens with zero attached hydrogens (tertiary/aromatic N) is 2. The molecule has 2 aliphatic rings. The Morgan fingerprint density at radius 2 is 2.07 bits per heavy atom. The van der Waals surface area contributed by atoms with Gasteiger partial charge in [-0.1, -0.05) is 34.1 Å². The normalized spacial score (nSPS) is 18.4. The molecule has 1 N–H and O–H groups in total. The van der Waals surface area contributed by atoms with Crippen molar-refractivity contribution in [1.82, 2.24) is 10.2 Å². The van der Waals surface area contributed by atoms with E-state index in [1.165, 1.54) is 4.90 Å². The fraction of sp³-hybridized carbons (Fsp3) is 0.300. The van der Waals surface area contributed by atoms with Gasteiger partial charge in [-0.2, -0.15) is 0 Å².